The molecule has 0 aliphatic heterocycles. The number of aromatic nitrogens is 1. The number of halogens is 1. The summed E-state index contributed by atoms with van der Waals surface area (Å²) in [7, 11) is 0. The molecule has 0 N–H and O–H groups in total. The molecule has 0 fully saturated rings. The van der Waals surface area contributed by atoms with Crippen LogP contribution in [0.5, 0.6) is 0 Å². The van der Waals surface area contributed by atoms with E-state index in [0.29, 0.717) is 0 Å². The van der Waals surface area contributed by atoms with Crippen LogP contribution in [0.2, 0.25) is 0 Å². The van der Waals surface area contributed by atoms with Crippen molar-refractivity contribution in [3.8, 4) is 0 Å². The molecule has 11 heavy (non-hydrogen) atoms. The summed E-state index contributed by atoms with van der Waals surface area (Å²) in [5, 5.41) is 10.2. The van der Waals surface area contributed by atoms with Crippen LogP contribution in [0.4, 0.5) is 5.13 Å². The molecule has 0 unspecified atom stereocenters. The molecule has 0 radical (unpaired) electrons. The molecular formula is C4HClN2O3S. The Morgan fingerprint density at radius 2 is 2.45 bits per heavy atom. The number of carbonyl (C=O) groups is 1. The Labute approximate surface area is 69.8 Å². The maximum absolute atomic E-state index is 10.4. The van der Waals surface area contributed by atoms with Crippen LogP contribution in [-0.2, 0) is 0 Å². The molecule has 0 saturated heterocycles. The van der Waals surface area contributed by atoms with Gasteiger partial charge in [0.05, 0.1) is 5.38 Å². The van der Waals surface area contributed by atoms with E-state index in [1.54, 1.807) is 0 Å². The molecule has 0 aromatic carbocycles. The summed E-state index contributed by atoms with van der Waals surface area (Å²) in [6.45, 7) is 0. The van der Waals surface area contributed by atoms with E-state index < -0.39 is 10.2 Å². The highest BCUT2D eigenvalue weighted by Crippen LogP contribution is 2.18. The van der Waals surface area contributed by atoms with Gasteiger partial charge in [0, 0.05) is 0 Å². The average molecular weight is 193 g/mol. The van der Waals surface area contributed by atoms with Gasteiger partial charge < -0.3 is 10.1 Å². The Balaban J connectivity index is 2.99. The smallest absolute Gasteiger partial charge is 0.357 e. The van der Waals surface area contributed by atoms with Crippen LogP contribution in [-0.4, -0.2) is 15.1 Å². The maximum Gasteiger partial charge on any atom is 0.423 e. The van der Waals surface area contributed by atoms with Gasteiger partial charge in [-0.1, -0.05) is 0 Å². The number of nitrogens with zero attached hydrogens (tertiary/aromatic N) is 2. The molecule has 58 valence electrons. The monoisotopic (exact) mass is 192 g/mol. The fourth-order valence-corrected chi connectivity index (χ4v) is 1.21. The Morgan fingerprint density at radius 3 is 2.73 bits per heavy atom. The fraction of sp³-hybridized carbons (Fsp3) is 0. The van der Waals surface area contributed by atoms with Gasteiger partial charge in [-0.2, -0.15) is 0 Å². The largest absolute Gasteiger partial charge is 0.423 e. The molecule has 1 aromatic heterocycles. The molecule has 0 saturated carbocycles. The molecule has 0 aliphatic carbocycles. The zero-order chi connectivity index (χ0) is 8.43. The second-order valence-corrected chi connectivity index (χ2v) is 2.73. The van der Waals surface area contributed by atoms with E-state index in [1.807, 2.05) is 0 Å². The summed E-state index contributed by atoms with van der Waals surface area (Å²) < 4.78 is 0. The molecule has 0 aliphatic rings. The van der Waals surface area contributed by atoms with Gasteiger partial charge in [0.2, 0.25) is 5.69 Å². The minimum atomic E-state index is -0.783. The number of hydrogen-bond donors (Lipinski definition) is 0. The van der Waals surface area contributed by atoms with Gasteiger partial charge in [0.1, 0.15) is 0 Å². The van der Waals surface area contributed by atoms with Crippen LogP contribution < -0.4 is 0 Å². The lowest BCUT2D eigenvalue weighted by atomic mass is 10.6. The number of rotatable bonds is 2. The summed E-state index contributed by atoms with van der Waals surface area (Å²) in [6.07, 6.45) is 0. The molecule has 0 bridgehead atoms. The number of thiazole rings is 1. The normalized spacial score (nSPS) is 9.55. The predicted molar refractivity (Wildman–Crippen MR) is 39.0 cm³/mol. The number of carbonyl (C=O) groups excluding carboxylic acids is 1. The molecule has 0 atom stereocenters. The quantitative estimate of drug-likeness (QED) is 0.404. The van der Waals surface area contributed by atoms with E-state index >= 15 is 0 Å². The van der Waals surface area contributed by atoms with Gasteiger partial charge in [0.25, 0.3) is 5.24 Å². The minimum absolute atomic E-state index is 0.0802. The minimum Gasteiger partial charge on any atom is -0.357 e. The van der Waals surface area contributed by atoms with Gasteiger partial charge in [-0.05, 0) is 32.8 Å². The number of nitro groups is 1. The van der Waals surface area contributed by atoms with Crippen LogP contribution in [0.15, 0.2) is 5.38 Å². The van der Waals surface area contributed by atoms with Gasteiger partial charge in [0.15, 0.2) is 0 Å². The van der Waals surface area contributed by atoms with Crippen molar-refractivity contribution in [2.75, 3.05) is 0 Å². The van der Waals surface area contributed by atoms with Crippen LogP contribution >= 0.6 is 22.9 Å². The molecular weight excluding hydrogens is 192 g/mol. The Hall–Kier alpha value is -1.01. The predicted octanol–water partition coefficient (Wildman–Crippen LogP) is 1.43. The fourth-order valence-electron chi connectivity index (χ4n) is 0.438. The third-order valence-corrected chi connectivity index (χ3v) is 1.84. The first-order valence-corrected chi connectivity index (χ1v) is 3.67. The van der Waals surface area contributed by atoms with E-state index in [4.69, 9.17) is 11.6 Å². The topological polar surface area (TPSA) is 73.1 Å². The first-order chi connectivity index (χ1) is 5.11. The van der Waals surface area contributed by atoms with Crippen molar-refractivity contribution in [1.82, 2.24) is 4.98 Å². The van der Waals surface area contributed by atoms with Crippen LogP contribution in [0.3, 0.4) is 0 Å². The van der Waals surface area contributed by atoms with Gasteiger partial charge >= 0.3 is 5.13 Å². The second-order valence-electron chi connectivity index (χ2n) is 1.55. The lowest BCUT2D eigenvalue weighted by molar-refractivity contribution is -0.384. The van der Waals surface area contributed by atoms with Crippen molar-refractivity contribution in [3.63, 3.8) is 0 Å². The highest BCUT2D eigenvalue weighted by atomic mass is 35.5. The average Bonchev–Trinajstić information content (AvgIpc) is 2.33. The molecule has 5 nitrogen and oxygen atoms in total. The Kier molecular flexibility index (Phi) is 2.16. The zero-order valence-electron chi connectivity index (χ0n) is 4.98. The van der Waals surface area contributed by atoms with Crippen molar-refractivity contribution < 1.29 is 9.72 Å². The highest BCUT2D eigenvalue weighted by Gasteiger charge is 2.17. The summed E-state index contributed by atoms with van der Waals surface area (Å²) in [5.41, 5.74) is -0.0802. The van der Waals surface area contributed by atoms with Gasteiger partial charge in [-0.15, -0.1) is 0 Å². The highest BCUT2D eigenvalue weighted by molar-refractivity contribution is 7.13. The van der Waals surface area contributed by atoms with E-state index in [9.17, 15) is 14.9 Å². The van der Waals surface area contributed by atoms with Crippen molar-refractivity contribution in [3.05, 3.63) is 21.2 Å². The van der Waals surface area contributed by atoms with E-state index in [2.05, 4.69) is 4.98 Å². The third kappa shape index (κ3) is 1.72. The van der Waals surface area contributed by atoms with E-state index in [0.717, 1.165) is 11.3 Å². The molecule has 1 aromatic rings. The van der Waals surface area contributed by atoms with Gasteiger partial charge in [-0.3, -0.25) is 4.79 Å². The maximum atomic E-state index is 10.4. The summed E-state index contributed by atoms with van der Waals surface area (Å²) >= 11 is 5.77. The zero-order valence-corrected chi connectivity index (χ0v) is 6.56. The third-order valence-electron chi connectivity index (χ3n) is 0.850. The lowest BCUT2D eigenvalue weighted by Gasteiger charge is -1.81. The van der Waals surface area contributed by atoms with Gasteiger partial charge in [-0.25, -0.2) is 0 Å². The summed E-state index contributed by atoms with van der Waals surface area (Å²) in [6, 6.07) is 0. The Bertz CT molecular complexity index is 282. The summed E-state index contributed by atoms with van der Waals surface area (Å²) in [5.74, 6) is 0. The Morgan fingerprint density at radius 1 is 1.82 bits per heavy atom. The molecule has 0 amide bonds. The molecule has 1 rings (SSSR count). The van der Waals surface area contributed by atoms with Crippen molar-refractivity contribution >= 4 is 33.3 Å². The van der Waals surface area contributed by atoms with Crippen LogP contribution in [0.25, 0.3) is 0 Å². The molecule has 1 heterocycles. The molecule has 0 spiro atoms. The van der Waals surface area contributed by atoms with Crippen molar-refractivity contribution in [2.45, 2.75) is 0 Å². The first-order valence-electron chi connectivity index (χ1n) is 2.41. The second kappa shape index (κ2) is 2.93. The van der Waals surface area contributed by atoms with Crippen LogP contribution in [0.1, 0.15) is 10.5 Å². The summed E-state index contributed by atoms with van der Waals surface area (Å²) in [4.78, 5) is 23.1. The van der Waals surface area contributed by atoms with Crippen molar-refractivity contribution in [2.24, 2.45) is 0 Å². The van der Waals surface area contributed by atoms with E-state index in [-0.39, 0.29) is 10.8 Å². The lowest BCUT2D eigenvalue weighted by Crippen LogP contribution is -1.90. The SMILES string of the molecule is O=C(Cl)c1csc([N+](=O)[O-])n1. The van der Waals surface area contributed by atoms with Crippen LogP contribution in [0, 0.1) is 10.1 Å². The van der Waals surface area contributed by atoms with Crippen molar-refractivity contribution in [1.29, 1.82) is 0 Å². The standard InChI is InChI=1S/C4HClN2O3S/c5-3(8)2-1-11-4(6-2)7(9)10/h1H. The van der Waals surface area contributed by atoms with E-state index in [1.165, 1.54) is 5.38 Å². The molecule has 7 heteroatoms. The first kappa shape index (κ1) is 8.09. The number of hydrogen-bond acceptors (Lipinski definition) is 5.